The normalized spacial score (nSPS) is 14.1. The fourth-order valence-electron chi connectivity index (χ4n) is 2.20. The molecule has 0 aromatic carbocycles. The number of hydrogen-bond donors (Lipinski definition) is 0. The summed E-state index contributed by atoms with van der Waals surface area (Å²) in [4.78, 5) is 3.73. The van der Waals surface area contributed by atoms with Crippen molar-refractivity contribution in [3.05, 3.63) is 28.2 Å². The number of nitrogens with zero attached hydrogens (tertiary/aromatic N) is 3. The zero-order valence-electron chi connectivity index (χ0n) is 9.58. The van der Waals surface area contributed by atoms with E-state index >= 15 is 0 Å². The van der Waals surface area contributed by atoms with Crippen molar-refractivity contribution in [2.75, 3.05) is 0 Å². The first-order chi connectivity index (χ1) is 8.24. The van der Waals surface area contributed by atoms with Gasteiger partial charge in [-0.2, -0.15) is 9.65 Å². The molecule has 0 radical (unpaired) electrons. The Kier molecular flexibility index (Phi) is 3.52. The fraction of sp³-hybridized carbons (Fsp3) is 0.583. The molecule has 17 heavy (non-hydrogen) atoms. The van der Waals surface area contributed by atoms with Crippen molar-refractivity contribution in [1.82, 2.24) is 4.98 Å². The van der Waals surface area contributed by atoms with E-state index < -0.39 is 5.95 Å². The van der Waals surface area contributed by atoms with Crippen molar-refractivity contribution >= 4 is 0 Å². The summed E-state index contributed by atoms with van der Waals surface area (Å²) in [6.45, 7) is 0. The first-order valence-electron chi connectivity index (χ1n) is 5.90. The van der Waals surface area contributed by atoms with Gasteiger partial charge in [0.25, 0.3) is 0 Å². The lowest BCUT2D eigenvalue weighted by atomic mass is 9.97. The van der Waals surface area contributed by atoms with Crippen molar-refractivity contribution in [3.63, 3.8) is 0 Å². The van der Waals surface area contributed by atoms with Gasteiger partial charge in [-0.15, -0.1) is 0 Å². The number of unbranched alkanes of at least 4 members (excludes halogenated alkanes) is 1. The molecule has 0 N–H and O–H groups in total. The van der Waals surface area contributed by atoms with Crippen molar-refractivity contribution in [1.29, 1.82) is 5.26 Å². The molecule has 1 aromatic rings. The Morgan fingerprint density at radius 2 is 2.18 bits per heavy atom. The Morgan fingerprint density at radius 3 is 2.94 bits per heavy atom. The minimum atomic E-state index is -0.501. The van der Waals surface area contributed by atoms with Crippen LogP contribution in [-0.4, -0.2) is 4.98 Å². The van der Waals surface area contributed by atoms with E-state index in [0.29, 0.717) is 43.4 Å². The molecule has 0 unspecified atom stereocenters. The van der Waals surface area contributed by atoms with Crippen molar-refractivity contribution in [2.45, 2.75) is 44.9 Å². The predicted octanol–water partition coefficient (Wildman–Crippen LogP) is 1.58. The van der Waals surface area contributed by atoms with Gasteiger partial charge in [0.1, 0.15) is 5.69 Å². The molecule has 0 fully saturated rings. The molecule has 0 spiro atoms. The maximum absolute atomic E-state index is 13.7. The maximum atomic E-state index is 13.7. The van der Waals surface area contributed by atoms with Crippen LogP contribution in [-0.2, 0) is 19.3 Å². The molecule has 4 nitrogen and oxygen atoms in total. The summed E-state index contributed by atoms with van der Waals surface area (Å²) < 4.78 is 14.5. The van der Waals surface area contributed by atoms with Gasteiger partial charge in [0.2, 0.25) is 0 Å². The lowest BCUT2D eigenvalue weighted by Gasteiger charge is -2.18. The molecular formula is C12H14FN3O. The van der Waals surface area contributed by atoms with E-state index in [-0.39, 0.29) is 5.82 Å². The van der Waals surface area contributed by atoms with Gasteiger partial charge < -0.3 is 5.21 Å². The molecule has 0 aliphatic heterocycles. The van der Waals surface area contributed by atoms with Crippen molar-refractivity contribution in [2.24, 2.45) is 0 Å². The largest absolute Gasteiger partial charge is 0.711 e. The van der Waals surface area contributed by atoms with E-state index in [1.54, 1.807) is 0 Å². The summed E-state index contributed by atoms with van der Waals surface area (Å²) in [5, 5.41) is 20.4. The topological polar surface area (TPSA) is 63.6 Å². The number of rotatable bonds is 3. The molecule has 0 bridgehead atoms. The fourth-order valence-corrected chi connectivity index (χ4v) is 2.20. The van der Waals surface area contributed by atoms with Gasteiger partial charge in [-0.1, -0.05) is 0 Å². The van der Waals surface area contributed by atoms with E-state index in [1.807, 2.05) is 6.07 Å². The van der Waals surface area contributed by atoms with Gasteiger partial charge in [-0.05, 0) is 30.7 Å². The molecule has 2 rings (SSSR count). The van der Waals surface area contributed by atoms with Crippen LogP contribution >= 0.6 is 0 Å². The van der Waals surface area contributed by atoms with Crippen LogP contribution in [0.15, 0.2) is 0 Å². The van der Waals surface area contributed by atoms with E-state index in [4.69, 9.17) is 5.26 Å². The zero-order chi connectivity index (χ0) is 12.3. The monoisotopic (exact) mass is 235 g/mol. The number of nitriles is 1. The molecule has 0 amide bonds. The number of aromatic nitrogens is 2. The molecule has 90 valence electrons. The van der Waals surface area contributed by atoms with Gasteiger partial charge in [0.15, 0.2) is 0 Å². The number of fused-ring (bicyclic) bond motifs is 1. The highest BCUT2D eigenvalue weighted by atomic mass is 19.1. The Balaban J connectivity index is 2.29. The van der Waals surface area contributed by atoms with Gasteiger partial charge in [-0.25, -0.2) is 4.73 Å². The molecular weight excluding hydrogens is 221 g/mol. The Hall–Kier alpha value is -1.70. The van der Waals surface area contributed by atoms with E-state index in [1.165, 1.54) is 0 Å². The second-order valence-corrected chi connectivity index (χ2v) is 4.26. The quantitative estimate of drug-likeness (QED) is 0.346. The third-order valence-electron chi connectivity index (χ3n) is 3.08. The first-order valence-corrected chi connectivity index (χ1v) is 5.90. The number of hydrogen-bond acceptors (Lipinski definition) is 3. The summed E-state index contributed by atoms with van der Waals surface area (Å²) >= 11 is 0. The molecule has 0 saturated carbocycles. The van der Waals surface area contributed by atoms with E-state index in [9.17, 15) is 9.60 Å². The molecule has 0 saturated heterocycles. The van der Waals surface area contributed by atoms with E-state index in [0.717, 1.165) is 17.6 Å². The third-order valence-corrected chi connectivity index (χ3v) is 3.08. The summed E-state index contributed by atoms with van der Waals surface area (Å²) in [5.74, 6) is -0.294. The minimum Gasteiger partial charge on any atom is -0.711 e. The van der Waals surface area contributed by atoms with Crippen LogP contribution < -0.4 is 4.73 Å². The van der Waals surface area contributed by atoms with Gasteiger partial charge in [0, 0.05) is 12.8 Å². The lowest BCUT2D eigenvalue weighted by molar-refractivity contribution is -0.627. The summed E-state index contributed by atoms with van der Waals surface area (Å²) in [7, 11) is 0. The standard InChI is InChI=1S/C12H14FN3O/c13-12-9-5-1-2-6-10(9)16(17)11(15-12)7-3-4-8-14/h1-7H2. The van der Waals surface area contributed by atoms with Crippen molar-refractivity contribution < 1.29 is 9.12 Å². The highest BCUT2D eigenvalue weighted by molar-refractivity contribution is 5.18. The molecule has 0 atom stereocenters. The number of aryl methyl sites for hydroxylation is 1. The van der Waals surface area contributed by atoms with Crippen LogP contribution in [0, 0.1) is 22.5 Å². The van der Waals surface area contributed by atoms with Gasteiger partial charge in [-0.3, -0.25) is 0 Å². The summed E-state index contributed by atoms with van der Waals surface area (Å²) in [6.07, 6.45) is 4.35. The highest BCUT2D eigenvalue weighted by Gasteiger charge is 2.25. The molecule has 1 aliphatic rings. The molecule has 1 aliphatic carbocycles. The molecule has 1 aromatic heterocycles. The first kappa shape index (κ1) is 11.8. The van der Waals surface area contributed by atoms with Crippen molar-refractivity contribution in [3.8, 4) is 6.07 Å². The Morgan fingerprint density at radius 1 is 1.41 bits per heavy atom. The van der Waals surface area contributed by atoms with Crippen LogP contribution in [0.3, 0.4) is 0 Å². The number of halogens is 1. The van der Waals surface area contributed by atoms with Gasteiger partial charge in [0.05, 0.1) is 18.1 Å². The average molecular weight is 235 g/mol. The Labute approximate surface area is 99.3 Å². The maximum Gasteiger partial charge on any atom is 0.328 e. The SMILES string of the molecule is N#CCCCc1nc(F)c2c([n+]1[O-])CCCC2. The highest BCUT2D eigenvalue weighted by Crippen LogP contribution is 2.20. The van der Waals surface area contributed by atoms with E-state index in [2.05, 4.69) is 4.98 Å². The lowest BCUT2D eigenvalue weighted by Crippen LogP contribution is -2.41. The summed E-state index contributed by atoms with van der Waals surface area (Å²) in [5.41, 5.74) is 1.02. The summed E-state index contributed by atoms with van der Waals surface area (Å²) in [6, 6.07) is 2.00. The zero-order valence-corrected chi connectivity index (χ0v) is 9.58. The second-order valence-electron chi connectivity index (χ2n) is 4.26. The third kappa shape index (κ3) is 2.36. The van der Waals surface area contributed by atoms with Crippen LogP contribution in [0.4, 0.5) is 4.39 Å². The van der Waals surface area contributed by atoms with Crippen LogP contribution in [0.1, 0.15) is 42.8 Å². The average Bonchev–Trinajstić information content (AvgIpc) is 2.36. The smallest absolute Gasteiger partial charge is 0.328 e. The van der Waals surface area contributed by atoms with Gasteiger partial charge >= 0.3 is 11.8 Å². The second kappa shape index (κ2) is 5.09. The van der Waals surface area contributed by atoms with Crippen LogP contribution in [0.5, 0.6) is 0 Å². The Bertz CT molecular complexity index is 468. The minimum absolute atomic E-state index is 0.207. The van der Waals surface area contributed by atoms with Crippen LogP contribution in [0.2, 0.25) is 0 Å². The van der Waals surface area contributed by atoms with Crippen LogP contribution in [0.25, 0.3) is 0 Å². The molecule has 5 heteroatoms. The predicted molar refractivity (Wildman–Crippen MR) is 58.3 cm³/mol. The molecule has 1 heterocycles.